The van der Waals surface area contributed by atoms with E-state index >= 15 is 0 Å². The summed E-state index contributed by atoms with van der Waals surface area (Å²) in [6, 6.07) is 0. The largest absolute Gasteiger partial charge is 0.597 e. The Balaban J connectivity index is 3.61. The summed E-state index contributed by atoms with van der Waals surface area (Å²) < 4.78 is 29.1. The molecule has 0 saturated heterocycles. The summed E-state index contributed by atoms with van der Waals surface area (Å²) in [6.07, 6.45) is 0. The van der Waals surface area contributed by atoms with Crippen LogP contribution in [-0.4, -0.2) is 16.8 Å². The Bertz CT molecular complexity index is 156. The highest BCUT2D eigenvalue weighted by atomic mass is 79.9. The van der Waals surface area contributed by atoms with Crippen LogP contribution in [0.2, 0.25) is 0 Å². The fraction of sp³-hybridized carbons (Fsp3) is 1.00. The van der Waals surface area contributed by atoms with Crippen LogP contribution in [0.15, 0.2) is 0 Å². The topological polar surface area (TPSA) is 83.1 Å². The van der Waals surface area contributed by atoms with Crippen LogP contribution < -0.4 is 5.90 Å². The molecule has 0 spiro atoms. The van der Waals surface area contributed by atoms with Gasteiger partial charge in [-0.25, -0.2) is 0 Å². The Morgan fingerprint density at radius 1 is 1.64 bits per heavy atom. The van der Waals surface area contributed by atoms with Crippen LogP contribution in [0, 0.1) is 0 Å². The van der Waals surface area contributed by atoms with E-state index in [-0.39, 0.29) is 11.4 Å². The fourth-order valence-electron chi connectivity index (χ4n) is 0.236. The zero-order chi connectivity index (χ0) is 8.91. The maximum Gasteiger partial charge on any atom is 0.597 e. The van der Waals surface area contributed by atoms with E-state index in [9.17, 15) is 8.76 Å². The molecule has 2 unspecified atom stereocenters. The second-order valence-corrected chi connectivity index (χ2v) is 4.79. The molecule has 5 nitrogen and oxygen atoms in total. The van der Waals surface area contributed by atoms with E-state index in [0.717, 1.165) is 0 Å². The zero-order valence-electron chi connectivity index (χ0n) is 5.50. The van der Waals surface area contributed by atoms with Gasteiger partial charge in [-0.3, -0.25) is 0 Å². The summed E-state index contributed by atoms with van der Waals surface area (Å²) in [7, 11) is -3.89. The molecule has 0 fully saturated rings. The molecule has 3 N–H and O–H groups in total. The molecule has 0 aromatic carbocycles. The first-order valence-corrected chi connectivity index (χ1v) is 5.92. The van der Waals surface area contributed by atoms with Gasteiger partial charge in [0.05, 0.1) is 9.11 Å². The number of quaternary nitrogens is 1. The molecule has 1 radical (unpaired) electrons. The first-order valence-electron chi connectivity index (χ1n) is 2.55. The lowest BCUT2D eigenvalue weighted by atomic mass is 10.5. The van der Waals surface area contributed by atoms with Crippen molar-refractivity contribution in [2.24, 2.45) is 0 Å². The van der Waals surface area contributed by atoms with Crippen molar-refractivity contribution < 1.29 is 23.1 Å². The van der Waals surface area contributed by atoms with E-state index in [4.69, 9.17) is 0 Å². The van der Waals surface area contributed by atoms with Crippen LogP contribution >= 0.6 is 31.9 Å². The second-order valence-electron chi connectivity index (χ2n) is 1.56. The van der Waals surface area contributed by atoms with E-state index < -0.39 is 10.8 Å². The highest BCUT2D eigenvalue weighted by molar-refractivity contribution is 9.12. The van der Waals surface area contributed by atoms with Crippen LogP contribution in [0.4, 0.5) is 0 Å². The number of rotatable bonds is 5. The van der Waals surface area contributed by atoms with Crippen LogP contribution in [0.3, 0.4) is 0 Å². The lowest BCUT2D eigenvalue weighted by molar-refractivity contribution is -0.640. The van der Waals surface area contributed by atoms with Gasteiger partial charge in [-0.05, 0) is 0 Å². The molecule has 0 aromatic rings. The molecule has 0 heterocycles. The molecule has 8 heteroatoms. The molecule has 0 aliphatic heterocycles. The maximum atomic E-state index is 10.5. The average molecular weight is 314 g/mol. The third kappa shape index (κ3) is 6.14. The third-order valence-electron chi connectivity index (χ3n) is 0.705. The van der Waals surface area contributed by atoms with Crippen LogP contribution in [0.1, 0.15) is 0 Å². The third-order valence-corrected chi connectivity index (χ3v) is 3.66. The summed E-state index contributed by atoms with van der Waals surface area (Å²) in [5.41, 5.74) is 0. The van der Waals surface area contributed by atoms with E-state index in [0.29, 0.717) is 5.33 Å². The van der Waals surface area contributed by atoms with E-state index in [1.807, 2.05) is 0 Å². The summed E-state index contributed by atoms with van der Waals surface area (Å²) in [5, 5.41) is 0.597. The van der Waals surface area contributed by atoms with E-state index in [1.165, 1.54) is 0 Å². The minimum Gasteiger partial charge on any atom is -0.155 e. The Morgan fingerprint density at radius 2 is 2.18 bits per heavy atom. The number of halogens is 2. The minimum absolute atomic E-state index is 0.0170. The highest BCUT2D eigenvalue weighted by Gasteiger charge is 2.36. The molecule has 0 amide bonds. The lowest BCUT2D eigenvalue weighted by Gasteiger charge is -1.99. The Kier molecular flexibility index (Phi) is 6.05. The quantitative estimate of drug-likeness (QED) is 0.441. The number of alkyl halides is 2. The highest BCUT2D eigenvalue weighted by Crippen LogP contribution is 2.08. The molecular formula is C3H8Br2NO4S+2. The molecule has 2 atom stereocenters. The van der Waals surface area contributed by atoms with Gasteiger partial charge in [-0.15, -0.1) is 4.18 Å². The summed E-state index contributed by atoms with van der Waals surface area (Å²) in [5.74, 6) is 2.72. The SMILES string of the molecule is [NH3+]O[S+]([O])(=O)OCC(Br)CBr. The van der Waals surface area contributed by atoms with Gasteiger partial charge in [-0.1, -0.05) is 31.9 Å². The van der Waals surface area contributed by atoms with Crippen molar-refractivity contribution >= 4 is 42.6 Å². The fourth-order valence-corrected chi connectivity index (χ4v) is 1.13. The molecule has 0 saturated carbocycles. The van der Waals surface area contributed by atoms with Gasteiger partial charge in [0.15, 0.2) is 0 Å². The molecule has 0 aliphatic rings. The smallest absolute Gasteiger partial charge is 0.155 e. The van der Waals surface area contributed by atoms with Gasteiger partial charge in [-0.2, -0.15) is 5.90 Å². The van der Waals surface area contributed by atoms with Crippen molar-refractivity contribution in [3.8, 4) is 0 Å². The van der Waals surface area contributed by atoms with Crippen molar-refractivity contribution in [2.75, 3.05) is 11.9 Å². The zero-order valence-corrected chi connectivity index (χ0v) is 9.48. The predicted octanol–water partition coefficient (Wildman–Crippen LogP) is 0.00990. The molecule has 0 aliphatic carbocycles. The molecule has 67 valence electrons. The Labute approximate surface area is 82.5 Å². The first-order chi connectivity index (χ1) is 5.02. The van der Waals surface area contributed by atoms with Gasteiger partial charge < -0.3 is 0 Å². The second kappa shape index (κ2) is 5.57. The van der Waals surface area contributed by atoms with Crippen molar-refractivity contribution in [1.82, 2.24) is 0 Å². The normalized spacial score (nSPS) is 19.3. The van der Waals surface area contributed by atoms with Gasteiger partial charge >= 0.3 is 10.8 Å². The van der Waals surface area contributed by atoms with Crippen molar-refractivity contribution in [1.29, 1.82) is 0 Å². The predicted molar refractivity (Wildman–Crippen MR) is 45.2 cm³/mol. The average Bonchev–Trinajstić information content (AvgIpc) is 2.00. The molecule has 0 rings (SSSR count). The minimum atomic E-state index is -3.89. The van der Waals surface area contributed by atoms with Gasteiger partial charge in [0.25, 0.3) is 0 Å². The molecular weight excluding hydrogens is 306 g/mol. The van der Waals surface area contributed by atoms with Crippen molar-refractivity contribution in [3.05, 3.63) is 0 Å². The van der Waals surface area contributed by atoms with Crippen molar-refractivity contribution in [2.45, 2.75) is 4.83 Å². The van der Waals surface area contributed by atoms with Crippen LogP contribution in [-0.2, 0) is 28.0 Å². The summed E-state index contributed by atoms with van der Waals surface area (Å²) in [4.78, 5) is -0.0626. The van der Waals surface area contributed by atoms with Gasteiger partial charge in [0.1, 0.15) is 11.2 Å². The maximum absolute atomic E-state index is 10.5. The van der Waals surface area contributed by atoms with Crippen molar-refractivity contribution in [3.63, 3.8) is 0 Å². The van der Waals surface area contributed by atoms with Gasteiger partial charge in [0.2, 0.25) is 0 Å². The van der Waals surface area contributed by atoms with E-state index in [2.05, 4.69) is 46.2 Å². The Hall–Kier alpha value is 0.950. The molecule has 0 bridgehead atoms. The summed E-state index contributed by atoms with van der Waals surface area (Å²) in [6.45, 7) is 0.0170. The lowest BCUT2D eigenvalue weighted by Crippen LogP contribution is -2.53. The van der Waals surface area contributed by atoms with Crippen LogP contribution in [0.5, 0.6) is 0 Å². The number of hydrogen-bond donors (Lipinski definition) is 1. The molecule has 11 heavy (non-hydrogen) atoms. The van der Waals surface area contributed by atoms with Gasteiger partial charge in [0, 0.05) is 9.54 Å². The van der Waals surface area contributed by atoms with Crippen LogP contribution in [0.25, 0.3) is 0 Å². The molecule has 0 aromatic heterocycles. The monoisotopic (exact) mass is 312 g/mol. The standard InChI is InChI=1S/C3H8Br2NO4S/c4-1-3(5)2-9-11(7,8)10-6/h3H,1-2H2,6H3/q+2. The first kappa shape index (κ1) is 11.9. The number of hydrogen-bond acceptors (Lipinski definition) is 3. The summed E-state index contributed by atoms with van der Waals surface area (Å²) >= 11 is 6.27. The Morgan fingerprint density at radius 3 is 2.55 bits per heavy atom. The van der Waals surface area contributed by atoms with E-state index in [1.54, 1.807) is 0 Å².